The summed E-state index contributed by atoms with van der Waals surface area (Å²) in [5.74, 6) is 0.837. The van der Waals surface area contributed by atoms with Gasteiger partial charge in [-0.2, -0.15) is 0 Å². The Morgan fingerprint density at radius 1 is 0.889 bits per heavy atom. The fourth-order valence-electron chi connectivity index (χ4n) is 2.47. The van der Waals surface area contributed by atoms with Gasteiger partial charge in [-0.3, -0.25) is 4.79 Å². The van der Waals surface area contributed by atoms with Crippen LogP contribution in [-0.4, -0.2) is 25.5 Å². The third-order valence-corrected chi connectivity index (χ3v) is 4.24. The molecule has 27 heavy (non-hydrogen) atoms. The van der Waals surface area contributed by atoms with E-state index in [4.69, 9.17) is 0 Å². The number of hydrogen-bond acceptors (Lipinski definition) is 7. The molecule has 0 spiro atoms. The Morgan fingerprint density at radius 3 is 2.30 bits per heavy atom. The lowest BCUT2D eigenvalue weighted by molar-refractivity contribution is 0.102. The highest BCUT2D eigenvalue weighted by atomic mass is 32.1. The summed E-state index contributed by atoms with van der Waals surface area (Å²) >= 11 is 1.12. The van der Waals surface area contributed by atoms with Crippen molar-refractivity contribution in [3.63, 3.8) is 0 Å². The molecule has 3 aromatic heterocycles. The third kappa shape index (κ3) is 4.13. The third-order valence-electron chi connectivity index (χ3n) is 3.73. The van der Waals surface area contributed by atoms with Gasteiger partial charge >= 0.3 is 0 Å². The zero-order valence-electron chi connectivity index (χ0n) is 14.0. The van der Waals surface area contributed by atoms with Crippen molar-refractivity contribution in [3.05, 3.63) is 78.1 Å². The normalized spacial score (nSPS) is 10.4. The number of benzene rings is 1. The molecule has 4 aromatic rings. The predicted molar refractivity (Wildman–Crippen MR) is 105 cm³/mol. The average Bonchev–Trinajstić information content (AvgIpc) is 3.24. The van der Waals surface area contributed by atoms with E-state index in [-0.39, 0.29) is 11.6 Å². The summed E-state index contributed by atoms with van der Waals surface area (Å²) in [7, 11) is 0. The van der Waals surface area contributed by atoms with Crippen LogP contribution in [0.15, 0.2) is 72.4 Å². The number of pyridine rings is 2. The van der Waals surface area contributed by atoms with Gasteiger partial charge in [-0.15, -0.1) is 5.10 Å². The number of aromatic nitrogens is 4. The smallest absolute Gasteiger partial charge is 0.278 e. The topological polar surface area (TPSA) is 92.7 Å². The Kier molecular flexibility index (Phi) is 4.80. The van der Waals surface area contributed by atoms with Gasteiger partial charge in [0, 0.05) is 23.5 Å². The SMILES string of the molecule is O=C(Nc1cc(-c2ccnc(Nc3ccccc3)c2)ccn1)c1csnn1. The summed E-state index contributed by atoms with van der Waals surface area (Å²) in [6.07, 6.45) is 3.38. The van der Waals surface area contributed by atoms with Gasteiger partial charge in [0.2, 0.25) is 0 Å². The first-order valence-electron chi connectivity index (χ1n) is 8.11. The van der Waals surface area contributed by atoms with Crippen LogP contribution in [0.25, 0.3) is 11.1 Å². The monoisotopic (exact) mass is 374 g/mol. The van der Waals surface area contributed by atoms with Crippen molar-refractivity contribution in [2.24, 2.45) is 0 Å². The molecule has 3 heterocycles. The predicted octanol–water partition coefficient (Wildman–Crippen LogP) is 3.99. The van der Waals surface area contributed by atoms with Crippen molar-refractivity contribution in [3.8, 4) is 11.1 Å². The maximum absolute atomic E-state index is 12.1. The molecule has 0 aliphatic heterocycles. The summed E-state index contributed by atoms with van der Waals surface area (Å²) in [5.41, 5.74) is 3.10. The summed E-state index contributed by atoms with van der Waals surface area (Å²) in [5, 5.41) is 11.3. The second-order valence-electron chi connectivity index (χ2n) is 5.59. The van der Waals surface area contributed by atoms with Crippen LogP contribution in [-0.2, 0) is 0 Å². The van der Waals surface area contributed by atoms with E-state index < -0.39 is 0 Å². The van der Waals surface area contributed by atoms with Crippen LogP contribution in [0.2, 0.25) is 0 Å². The van der Waals surface area contributed by atoms with Crippen molar-refractivity contribution in [1.29, 1.82) is 0 Å². The molecule has 0 radical (unpaired) electrons. The van der Waals surface area contributed by atoms with E-state index in [1.165, 1.54) is 0 Å². The fraction of sp³-hybridized carbons (Fsp3) is 0. The van der Waals surface area contributed by atoms with Gasteiger partial charge in [0.25, 0.3) is 5.91 Å². The fourth-order valence-corrected chi connectivity index (χ4v) is 2.91. The number of hydrogen-bond donors (Lipinski definition) is 2. The summed E-state index contributed by atoms with van der Waals surface area (Å²) < 4.78 is 3.69. The molecule has 0 aliphatic carbocycles. The molecule has 4 rings (SSSR count). The Labute approximate surface area is 159 Å². The van der Waals surface area contributed by atoms with Crippen LogP contribution in [0.1, 0.15) is 10.5 Å². The highest BCUT2D eigenvalue weighted by Gasteiger charge is 2.10. The van der Waals surface area contributed by atoms with Gasteiger partial charge in [0.15, 0.2) is 5.69 Å². The van der Waals surface area contributed by atoms with Crippen LogP contribution in [0.3, 0.4) is 0 Å². The number of carbonyl (C=O) groups excluding carboxylic acids is 1. The Bertz CT molecular complexity index is 1050. The van der Waals surface area contributed by atoms with E-state index >= 15 is 0 Å². The van der Waals surface area contributed by atoms with Crippen molar-refractivity contribution in [2.45, 2.75) is 0 Å². The van der Waals surface area contributed by atoms with E-state index in [0.717, 1.165) is 34.2 Å². The average molecular weight is 374 g/mol. The number of para-hydroxylation sites is 1. The second kappa shape index (κ2) is 7.71. The lowest BCUT2D eigenvalue weighted by Crippen LogP contribution is -2.13. The molecule has 1 amide bonds. The molecular formula is C19H14N6OS. The molecule has 2 N–H and O–H groups in total. The van der Waals surface area contributed by atoms with E-state index in [1.54, 1.807) is 23.8 Å². The highest BCUT2D eigenvalue weighted by Crippen LogP contribution is 2.24. The number of nitrogens with zero attached hydrogens (tertiary/aromatic N) is 4. The number of rotatable bonds is 5. The summed E-state index contributed by atoms with van der Waals surface area (Å²) in [6, 6.07) is 17.4. The maximum Gasteiger partial charge on any atom is 0.278 e. The number of nitrogens with one attached hydrogen (secondary N) is 2. The van der Waals surface area contributed by atoms with Crippen molar-refractivity contribution < 1.29 is 4.79 Å². The highest BCUT2D eigenvalue weighted by molar-refractivity contribution is 7.03. The van der Waals surface area contributed by atoms with Gasteiger partial charge in [-0.05, 0) is 59.1 Å². The number of anilines is 3. The van der Waals surface area contributed by atoms with Crippen molar-refractivity contribution in [2.75, 3.05) is 10.6 Å². The van der Waals surface area contributed by atoms with E-state index in [0.29, 0.717) is 5.82 Å². The van der Waals surface area contributed by atoms with E-state index in [2.05, 4.69) is 30.2 Å². The molecule has 132 valence electrons. The zero-order valence-corrected chi connectivity index (χ0v) is 14.9. The minimum atomic E-state index is -0.338. The molecule has 7 nitrogen and oxygen atoms in total. The molecule has 0 saturated heterocycles. The van der Waals surface area contributed by atoms with Gasteiger partial charge in [0.1, 0.15) is 11.6 Å². The second-order valence-corrected chi connectivity index (χ2v) is 6.20. The van der Waals surface area contributed by atoms with Crippen LogP contribution in [0.4, 0.5) is 17.3 Å². The van der Waals surface area contributed by atoms with Gasteiger partial charge in [-0.1, -0.05) is 22.7 Å². The van der Waals surface area contributed by atoms with Gasteiger partial charge < -0.3 is 10.6 Å². The number of carbonyl (C=O) groups is 1. The molecule has 0 aliphatic rings. The van der Waals surface area contributed by atoms with Crippen molar-refractivity contribution >= 4 is 34.8 Å². The van der Waals surface area contributed by atoms with Crippen molar-refractivity contribution in [1.82, 2.24) is 19.6 Å². The van der Waals surface area contributed by atoms with Crippen LogP contribution >= 0.6 is 11.5 Å². The maximum atomic E-state index is 12.1. The first kappa shape index (κ1) is 16.8. The molecule has 8 heteroatoms. The molecule has 1 aromatic carbocycles. The lowest BCUT2D eigenvalue weighted by atomic mass is 10.1. The lowest BCUT2D eigenvalue weighted by Gasteiger charge is -2.09. The standard InChI is InChI=1S/C19H14N6OS/c26-19(16-12-27-25-24-16)23-18-11-14(7-9-21-18)13-6-8-20-17(10-13)22-15-4-2-1-3-5-15/h1-12H,(H,20,22)(H,21,23,26). The Balaban J connectivity index is 1.55. The molecule has 0 fully saturated rings. The first-order valence-corrected chi connectivity index (χ1v) is 8.94. The summed E-state index contributed by atoms with van der Waals surface area (Å²) in [6.45, 7) is 0. The minimum absolute atomic E-state index is 0.269. The number of amides is 1. The van der Waals surface area contributed by atoms with Crippen LogP contribution in [0, 0.1) is 0 Å². The molecule has 0 saturated carbocycles. The van der Waals surface area contributed by atoms with Crippen LogP contribution in [0.5, 0.6) is 0 Å². The summed E-state index contributed by atoms with van der Waals surface area (Å²) in [4.78, 5) is 20.7. The van der Waals surface area contributed by atoms with E-state index in [1.807, 2.05) is 48.5 Å². The Hall–Kier alpha value is -3.65. The molecule has 0 unspecified atom stereocenters. The van der Waals surface area contributed by atoms with E-state index in [9.17, 15) is 4.79 Å². The van der Waals surface area contributed by atoms with Gasteiger partial charge in [0.05, 0.1) is 0 Å². The quantitative estimate of drug-likeness (QED) is 0.549. The molecule has 0 atom stereocenters. The largest absolute Gasteiger partial charge is 0.340 e. The van der Waals surface area contributed by atoms with Gasteiger partial charge in [-0.25, -0.2) is 9.97 Å². The zero-order chi connectivity index (χ0) is 18.5. The minimum Gasteiger partial charge on any atom is -0.340 e. The molecular weight excluding hydrogens is 360 g/mol. The molecule has 0 bridgehead atoms. The first-order chi connectivity index (χ1) is 13.3. The van der Waals surface area contributed by atoms with Crippen LogP contribution < -0.4 is 10.6 Å². The Morgan fingerprint density at radius 2 is 1.59 bits per heavy atom.